The first-order valence-corrected chi connectivity index (χ1v) is 12.2. The molecule has 0 unspecified atom stereocenters. The maximum absolute atomic E-state index is 13.0. The molecule has 3 rings (SSSR count). The maximum Gasteiger partial charge on any atom is 0.414 e. The fourth-order valence-electron chi connectivity index (χ4n) is 4.35. The molecule has 2 heterocycles. The molecule has 0 aliphatic carbocycles. The number of hydrogen-bond acceptors (Lipinski definition) is 8. The Morgan fingerprint density at radius 1 is 0.973 bits per heavy atom. The van der Waals surface area contributed by atoms with Gasteiger partial charge >= 0.3 is 17.6 Å². The van der Waals surface area contributed by atoms with E-state index >= 15 is 0 Å². The molecular formula is C24H36N6O7. The van der Waals surface area contributed by atoms with E-state index in [1.54, 1.807) is 7.11 Å². The van der Waals surface area contributed by atoms with Gasteiger partial charge in [0.15, 0.2) is 0 Å². The second-order valence-electron chi connectivity index (χ2n) is 8.74. The number of benzene rings is 1. The quantitative estimate of drug-likeness (QED) is 0.431. The number of para-hydroxylation sites is 1. The number of ether oxygens (including phenoxy) is 1. The summed E-state index contributed by atoms with van der Waals surface area (Å²) < 4.78 is 8.45. The normalized spacial score (nSPS) is 14.9. The minimum Gasteiger partial charge on any atom is -0.473 e. The summed E-state index contributed by atoms with van der Waals surface area (Å²) in [6.45, 7) is 7.86. The van der Waals surface area contributed by atoms with Gasteiger partial charge in [-0.05, 0) is 41.8 Å². The van der Waals surface area contributed by atoms with Gasteiger partial charge < -0.3 is 24.7 Å². The standard InChI is InChI=1S/C22H34N6O3.C2H2O4/c1-4-13-26-21(30)27(24-23-26)17-16-25-14-11-22(12-15-25,18-31-3)28(20(29)5-2)19-9-7-6-8-10-19;3-1(4)2(5)6/h6-10H,4-5,11-18H2,1-3H3;(H,3,4)(H,5,6). The van der Waals surface area contributed by atoms with E-state index in [0.717, 1.165) is 44.6 Å². The summed E-state index contributed by atoms with van der Waals surface area (Å²) in [6, 6.07) is 9.86. The summed E-state index contributed by atoms with van der Waals surface area (Å²) >= 11 is 0. The van der Waals surface area contributed by atoms with Crippen molar-refractivity contribution in [3.05, 3.63) is 40.8 Å². The highest BCUT2D eigenvalue weighted by Crippen LogP contribution is 2.34. The van der Waals surface area contributed by atoms with Crippen molar-refractivity contribution in [1.82, 2.24) is 24.7 Å². The highest BCUT2D eigenvalue weighted by Gasteiger charge is 2.42. The summed E-state index contributed by atoms with van der Waals surface area (Å²) in [4.78, 5) is 47.7. The molecule has 2 aromatic rings. The third-order valence-electron chi connectivity index (χ3n) is 6.18. The molecule has 1 saturated heterocycles. The summed E-state index contributed by atoms with van der Waals surface area (Å²) in [5.41, 5.74) is 0.385. The number of carboxylic acids is 2. The minimum atomic E-state index is -1.82. The molecule has 0 radical (unpaired) electrons. The zero-order valence-electron chi connectivity index (χ0n) is 21.6. The molecule has 0 bridgehead atoms. The van der Waals surface area contributed by atoms with E-state index in [2.05, 4.69) is 15.3 Å². The molecule has 0 atom stereocenters. The van der Waals surface area contributed by atoms with Gasteiger partial charge in [0.1, 0.15) is 0 Å². The summed E-state index contributed by atoms with van der Waals surface area (Å²) in [6.07, 6.45) is 2.90. The average molecular weight is 521 g/mol. The molecule has 1 aromatic carbocycles. The van der Waals surface area contributed by atoms with Gasteiger partial charge in [-0.15, -0.1) is 0 Å². The van der Waals surface area contributed by atoms with Gasteiger partial charge in [0.25, 0.3) is 0 Å². The van der Waals surface area contributed by atoms with Gasteiger partial charge in [-0.2, -0.15) is 9.36 Å². The summed E-state index contributed by atoms with van der Waals surface area (Å²) in [5, 5.41) is 22.7. The Balaban J connectivity index is 0.000000717. The van der Waals surface area contributed by atoms with Crippen molar-refractivity contribution in [3.8, 4) is 0 Å². The monoisotopic (exact) mass is 520 g/mol. The van der Waals surface area contributed by atoms with E-state index in [1.165, 1.54) is 9.36 Å². The highest BCUT2D eigenvalue weighted by molar-refractivity contribution is 6.27. The van der Waals surface area contributed by atoms with Crippen LogP contribution in [0.1, 0.15) is 39.5 Å². The lowest BCUT2D eigenvalue weighted by Gasteiger charge is -2.48. The van der Waals surface area contributed by atoms with Crippen molar-refractivity contribution in [2.75, 3.05) is 38.3 Å². The zero-order valence-corrected chi connectivity index (χ0v) is 21.6. The third kappa shape index (κ3) is 7.95. The van der Waals surface area contributed by atoms with Crippen molar-refractivity contribution < 1.29 is 29.3 Å². The first-order chi connectivity index (χ1) is 17.7. The second-order valence-corrected chi connectivity index (χ2v) is 8.74. The molecule has 0 spiro atoms. The zero-order chi connectivity index (χ0) is 27.4. The van der Waals surface area contributed by atoms with Crippen LogP contribution in [-0.2, 0) is 32.2 Å². The topological polar surface area (TPSA) is 160 Å². The molecule has 2 N–H and O–H groups in total. The molecule has 1 amide bonds. The third-order valence-corrected chi connectivity index (χ3v) is 6.18. The summed E-state index contributed by atoms with van der Waals surface area (Å²) in [5.74, 6) is -3.54. The highest BCUT2D eigenvalue weighted by atomic mass is 16.5. The first-order valence-electron chi connectivity index (χ1n) is 12.2. The second kappa shape index (κ2) is 14.2. The number of anilines is 1. The molecule has 1 aliphatic rings. The molecular weight excluding hydrogens is 484 g/mol. The van der Waals surface area contributed by atoms with Crippen molar-refractivity contribution in [3.63, 3.8) is 0 Å². The smallest absolute Gasteiger partial charge is 0.414 e. The fraction of sp³-hybridized carbons (Fsp3) is 0.583. The molecule has 0 saturated carbocycles. The Labute approximate surface area is 215 Å². The van der Waals surface area contributed by atoms with Gasteiger partial charge in [0, 0.05) is 45.4 Å². The first kappa shape index (κ1) is 29.6. The lowest BCUT2D eigenvalue weighted by atomic mass is 9.85. The van der Waals surface area contributed by atoms with Crippen molar-refractivity contribution >= 4 is 23.5 Å². The van der Waals surface area contributed by atoms with E-state index in [1.807, 2.05) is 49.1 Å². The fourth-order valence-corrected chi connectivity index (χ4v) is 4.35. The largest absolute Gasteiger partial charge is 0.473 e. The van der Waals surface area contributed by atoms with Crippen molar-refractivity contribution in [2.24, 2.45) is 0 Å². The van der Waals surface area contributed by atoms with E-state index in [4.69, 9.17) is 24.5 Å². The van der Waals surface area contributed by atoms with Crippen LogP contribution < -0.4 is 10.6 Å². The Kier molecular flexibility index (Phi) is 11.4. The predicted molar refractivity (Wildman–Crippen MR) is 134 cm³/mol. The lowest BCUT2D eigenvalue weighted by molar-refractivity contribution is -0.159. The van der Waals surface area contributed by atoms with Crippen LogP contribution in [0.5, 0.6) is 0 Å². The number of carbonyl (C=O) groups excluding carboxylic acids is 1. The molecule has 13 heteroatoms. The van der Waals surface area contributed by atoms with E-state index < -0.39 is 11.9 Å². The van der Waals surface area contributed by atoms with E-state index in [9.17, 15) is 9.59 Å². The SMILES string of the molecule is CCCn1nnn(CCN2CCC(COC)(N(C(=O)CC)c3ccccc3)CC2)c1=O.O=C(O)C(=O)O. The van der Waals surface area contributed by atoms with Crippen LogP contribution in [0.15, 0.2) is 35.1 Å². The van der Waals surface area contributed by atoms with Gasteiger partial charge in [0.2, 0.25) is 5.91 Å². The van der Waals surface area contributed by atoms with Crippen LogP contribution >= 0.6 is 0 Å². The van der Waals surface area contributed by atoms with Crippen LogP contribution in [0.4, 0.5) is 5.69 Å². The molecule has 1 aromatic heterocycles. The maximum atomic E-state index is 13.0. The van der Waals surface area contributed by atoms with Gasteiger partial charge in [0.05, 0.1) is 18.7 Å². The van der Waals surface area contributed by atoms with Crippen molar-refractivity contribution in [1.29, 1.82) is 0 Å². The number of hydrogen-bond donors (Lipinski definition) is 2. The number of rotatable bonds is 10. The number of amides is 1. The van der Waals surface area contributed by atoms with Crippen molar-refractivity contribution in [2.45, 2.75) is 58.2 Å². The Morgan fingerprint density at radius 2 is 1.54 bits per heavy atom. The van der Waals surface area contributed by atoms with Crippen LogP contribution in [0.2, 0.25) is 0 Å². The number of nitrogens with zero attached hydrogens (tertiary/aromatic N) is 6. The lowest BCUT2D eigenvalue weighted by Crippen LogP contribution is -2.60. The summed E-state index contributed by atoms with van der Waals surface area (Å²) in [7, 11) is 1.69. The van der Waals surface area contributed by atoms with Crippen LogP contribution in [-0.4, -0.2) is 91.6 Å². The number of aromatic nitrogens is 4. The number of methoxy groups -OCH3 is 1. The number of carboxylic acid groups (broad SMARTS) is 2. The van der Waals surface area contributed by atoms with Gasteiger partial charge in [-0.3, -0.25) is 4.79 Å². The molecule has 1 fully saturated rings. The van der Waals surface area contributed by atoms with E-state index in [-0.39, 0.29) is 17.1 Å². The number of aliphatic carboxylic acids is 2. The molecule has 37 heavy (non-hydrogen) atoms. The predicted octanol–water partition coefficient (Wildman–Crippen LogP) is 0.930. The molecule has 1 aliphatic heterocycles. The molecule has 13 nitrogen and oxygen atoms in total. The average Bonchev–Trinajstić information content (AvgIpc) is 3.24. The van der Waals surface area contributed by atoms with Gasteiger partial charge in [-0.1, -0.05) is 32.0 Å². The van der Waals surface area contributed by atoms with E-state index in [0.29, 0.717) is 26.1 Å². The van der Waals surface area contributed by atoms with Crippen LogP contribution in [0.25, 0.3) is 0 Å². The number of tetrazole rings is 1. The Morgan fingerprint density at radius 3 is 2.03 bits per heavy atom. The Bertz CT molecular complexity index is 1060. The number of piperidine rings is 1. The number of aryl methyl sites for hydroxylation is 1. The minimum absolute atomic E-state index is 0.107. The number of likely N-dealkylation sites (tertiary alicyclic amines) is 1. The number of carbonyl (C=O) groups is 3. The molecule has 204 valence electrons. The van der Waals surface area contributed by atoms with Gasteiger partial charge in [-0.25, -0.2) is 14.4 Å². The van der Waals surface area contributed by atoms with Crippen LogP contribution in [0, 0.1) is 0 Å². The van der Waals surface area contributed by atoms with Crippen LogP contribution in [0.3, 0.4) is 0 Å². The Hall–Kier alpha value is -3.58.